The molecule has 1 N–H and O–H groups in total. The molecule has 3 rings (SSSR count). The monoisotopic (exact) mass is 430 g/mol. The fourth-order valence-corrected chi connectivity index (χ4v) is 2.88. The molecule has 0 amide bonds. The lowest BCUT2D eigenvalue weighted by Crippen LogP contribution is -2.04. The van der Waals surface area contributed by atoms with Crippen molar-refractivity contribution < 1.29 is 14.1 Å². The molecule has 0 aliphatic heterocycles. The third kappa shape index (κ3) is 5.27. The number of benzene rings is 3. The predicted molar refractivity (Wildman–Crippen MR) is 105 cm³/mol. The fraction of sp³-hybridized carbons (Fsp3) is 0.100. The van der Waals surface area contributed by atoms with Crippen molar-refractivity contribution in [2.24, 2.45) is 0 Å². The zero-order valence-electron chi connectivity index (χ0n) is 14.2. The molecule has 0 radical (unpaired) electrons. The summed E-state index contributed by atoms with van der Waals surface area (Å²) in [6.07, 6.45) is 0. The lowest BCUT2D eigenvalue weighted by molar-refractivity contribution is -0.384. The van der Waals surface area contributed by atoms with Crippen LogP contribution >= 0.6 is 15.9 Å². The number of halogens is 2. The number of hydrogen-bond acceptors (Lipinski definition) is 4. The molecule has 0 spiro atoms. The number of non-ortho nitro benzene ring substituents is 1. The maximum Gasteiger partial charge on any atom is 0.269 e. The van der Waals surface area contributed by atoms with Crippen LogP contribution in [0.25, 0.3) is 0 Å². The lowest BCUT2D eigenvalue weighted by atomic mass is 10.2. The highest BCUT2D eigenvalue weighted by atomic mass is 79.9. The van der Waals surface area contributed by atoms with Crippen LogP contribution < -0.4 is 10.1 Å². The van der Waals surface area contributed by atoms with Crippen LogP contribution in [0.3, 0.4) is 0 Å². The lowest BCUT2D eigenvalue weighted by Gasteiger charge is -2.14. The number of nitro groups is 1. The molecule has 138 valence electrons. The molecule has 0 saturated heterocycles. The fourth-order valence-electron chi connectivity index (χ4n) is 2.47. The third-order valence-electron chi connectivity index (χ3n) is 3.89. The van der Waals surface area contributed by atoms with Gasteiger partial charge in [-0.15, -0.1) is 0 Å². The molecule has 0 unspecified atom stereocenters. The Kier molecular flexibility index (Phi) is 6.03. The summed E-state index contributed by atoms with van der Waals surface area (Å²) in [6.45, 7) is 0.795. The number of ether oxygens (including phenoxy) is 1. The van der Waals surface area contributed by atoms with E-state index in [4.69, 9.17) is 4.74 Å². The second-order valence-corrected chi connectivity index (χ2v) is 6.74. The molecule has 0 bridgehead atoms. The van der Waals surface area contributed by atoms with Gasteiger partial charge in [0.1, 0.15) is 18.2 Å². The number of hydrogen-bond donors (Lipinski definition) is 1. The Morgan fingerprint density at radius 2 is 1.74 bits per heavy atom. The zero-order chi connectivity index (χ0) is 19.2. The standard InChI is InChI=1S/C20H16BrFN2O3/c21-16-3-10-20(27-13-14-1-8-19(9-2-14)24(25)26)15(11-16)12-23-18-6-4-17(22)5-7-18/h1-11,23H,12-13H2. The van der Waals surface area contributed by atoms with E-state index in [9.17, 15) is 14.5 Å². The minimum atomic E-state index is -0.432. The Morgan fingerprint density at radius 3 is 2.41 bits per heavy atom. The first-order chi connectivity index (χ1) is 13.0. The normalized spacial score (nSPS) is 10.4. The van der Waals surface area contributed by atoms with E-state index >= 15 is 0 Å². The van der Waals surface area contributed by atoms with E-state index < -0.39 is 4.92 Å². The van der Waals surface area contributed by atoms with Crippen molar-refractivity contribution in [3.63, 3.8) is 0 Å². The highest BCUT2D eigenvalue weighted by Gasteiger charge is 2.08. The van der Waals surface area contributed by atoms with Crippen LogP contribution in [0.1, 0.15) is 11.1 Å². The SMILES string of the molecule is O=[N+]([O-])c1ccc(COc2ccc(Br)cc2CNc2ccc(F)cc2)cc1. The van der Waals surface area contributed by atoms with Crippen LogP contribution in [0.2, 0.25) is 0 Å². The number of nitrogens with zero attached hydrogens (tertiary/aromatic N) is 1. The summed E-state index contributed by atoms with van der Waals surface area (Å²) in [6, 6.07) is 18.1. The largest absolute Gasteiger partial charge is 0.489 e. The summed E-state index contributed by atoms with van der Waals surface area (Å²) in [4.78, 5) is 10.3. The molecular formula is C20H16BrFN2O3. The smallest absolute Gasteiger partial charge is 0.269 e. The first kappa shape index (κ1) is 18.8. The van der Waals surface area contributed by atoms with Gasteiger partial charge in [0.15, 0.2) is 0 Å². The summed E-state index contributed by atoms with van der Waals surface area (Å²) < 4.78 is 19.8. The van der Waals surface area contributed by atoms with Crippen molar-refractivity contribution in [2.75, 3.05) is 5.32 Å². The van der Waals surface area contributed by atoms with Crippen LogP contribution in [0.4, 0.5) is 15.8 Å². The van der Waals surface area contributed by atoms with Crippen molar-refractivity contribution in [3.8, 4) is 5.75 Å². The summed E-state index contributed by atoms with van der Waals surface area (Å²) >= 11 is 3.45. The first-order valence-electron chi connectivity index (χ1n) is 8.15. The van der Waals surface area contributed by atoms with E-state index in [0.717, 1.165) is 21.3 Å². The minimum Gasteiger partial charge on any atom is -0.489 e. The zero-order valence-corrected chi connectivity index (χ0v) is 15.8. The quantitative estimate of drug-likeness (QED) is 0.386. The van der Waals surface area contributed by atoms with Crippen molar-refractivity contribution in [2.45, 2.75) is 13.2 Å². The van der Waals surface area contributed by atoms with Gasteiger partial charge in [-0.2, -0.15) is 0 Å². The average molecular weight is 431 g/mol. The van der Waals surface area contributed by atoms with E-state index in [0.29, 0.717) is 18.9 Å². The van der Waals surface area contributed by atoms with Gasteiger partial charge in [0.05, 0.1) is 4.92 Å². The number of rotatable bonds is 7. The van der Waals surface area contributed by atoms with Crippen molar-refractivity contribution >= 4 is 27.3 Å². The van der Waals surface area contributed by atoms with Gasteiger partial charge in [-0.1, -0.05) is 15.9 Å². The van der Waals surface area contributed by atoms with Crippen molar-refractivity contribution in [1.82, 2.24) is 0 Å². The van der Waals surface area contributed by atoms with Crippen LogP contribution in [0.5, 0.6) is 5.75 Å². The third-order valence-corrected chi connectivity index (χ3v) is 4.38. The molecule has 0 aromatic heterocycles. The Morgan fingerprint density at radius 1 is 1.04 bits per heavy atom. The summed E-state index contributed by atoms with van der Waals surface area (Å²) in [7, 11) is 0. The number of nitro benzene ring substituents is 1. The topological polar surface area (TPSA) is 64.4 Å². The van der Waals surface area contributed by atoms with Crippen LogP contribution in [0, 0.1) is 15.9 Å². The van der Waals surface area contributed by atoms with Gasteiger partial charge >= 0.3 is 0 Å². The van der Waals surface area contributed by atoms with Crippen LogP contribution in [0.15, 0.2) is 71.2 Å². The number of nitrogens with one attached hydrogen (secondary N) is 1. The highest BCUT2D eigenvalue weighted by Crippen LogP contribution is 2.25. The molecule has 0 fully saturated rings. The van der Waals surface area contributed by atoms with Crippen LogP contribution in [-0.2, 0) is 13.2 Å². The summed E-state index contributed by atoms with van der Waals surface area (Å²) in [5.41, 5.74) is 2.61. The van der Waals surface area contributed by atoms with E-state index in [-0.39, 0.29) is 11.5 Å². The molecule has 27 heavy (non-hydrogen) atoms. The van der Waals surface area contributed by atoms with Gasteiger partial charge in [-0.05, 0) is 60.2 Å². The molecule has 3 aromatic carbocycles. The number of anilines is 1. The molecule has 0 aliphatic rings. The Hall–Kier alpha value is -2.93. The Labute approximate surface area is 164 Å². The van der Waals surface area contributed by atoms with Gasteiger partial charge < -0.3 is 10.1 Å². The van der Waals surface area contributed by atoms with Gasteiger partial charge in [0.25, 0.3) is 5.69 Å². The van der Waals surface area contributed by atoms with Gasteiger partial charge in [-0.3, -0.25) is 10.1 Å². The van der Waals surface area contributed by atoms with E-state index in [1.54, 1.807) is 24.3 Å². The maximum absolute atomic E-state index is 13.0. The molecule has 0 heterocycles. The Balaban J connectivity index is 1.67. The molecule has 0 saturated carbocycles. The highest BCUT2D eigenvalue weighted by molar-refractivity contribution is 9.10. The van der Waals surface area contributed by atoms with Crippen molar-refractivity contribution in [1.29, 1.82) is 0 Å². The van der Waals surface area contributed by atoms with Gasteiger partial charge in [0, 0.05) is 34.4 Å². The molecule has 5 nitrogen and oxygen atoms in total. The summed E-state index contributed by atoms with van der Waals surface area (Å²) in [5.74, 6) is 0.418. The van der Waals surface area contributed by atoms with E-state index in [1.807, 2.05) is 18.2 Å². The van der Waals surface area contributed by atoms with E-state index in [2.05, 4.69) is 21.2 Å². The minimum absolute atomic E-state index is 0.0478. The molecule has 0 atom stereocenters. The molecule has 0 aliphatic carbocycles. The maximum atomic E-state index is 13.0. The Bertz CT molecular complexity index is 931. The second-order valence-electron chi connectivity index (χ2n) is 5.82. The molecular weight excluding hydrogens is 415 g/mol. The average Bonchev–Trinajstić information content (AvgIpc) is 2.67. The first-order valence-corrected chi connectivity index (χ1v) is 8.94. The van der Waals surface area contributed by atoms with Gasteiger partial charge in [-0.25, -0.2) is 4.39 Å². The molecule has 3 aromatic rings. The predicted octanol–water partition coefficient (Wildman–Crippen LogP) is 5.69. The van der Waals surface area contributed by atoms with Crippen LogP contribution in [-0.4, -0.2) is 4.92 Å². The summed E-state index contributed by atoms with van der Waals surface area (Å²) in [5, 5.41) is 13.9. The molecule has 7 heteroatoms. The van der Waals surface area contributed by atoms with E-state index in [1.165, 1.54) is 24.3 Å². The van der Waals surface area contributed by atoms with Crippen molar-refractivity contribution in [3.05, 3.63) is 98.3 Å². The van der Waals surface area contributed by atoms with Gasteiger partial charge in [0.2, 0.25) is 0 Å². The second kappa shape index (κ2) is 8.64.